The molecule has 2 atom stereocenters. The number of nitrogens with zero attached hydrogens (tertiary/aromatic N) is 4. The minimum atomic E-state index is -0.404. The summed E-state index contributed by atoms with van der Waals surface area (Å²) in [5.41, 5.74) is 7.23. The van der Waals surface area contributed by atoms with Crippen molar-refractivity contribution in [1.29, 1.82) is 0 Å². The molecule has 134 valence electrons. The molecule has 2 aliphatic heterocycles. The van der Waals surface area contributed by atoms with Gasteiger partial charge in [0, 0.05) is 43.7 Å². The number of anilines is 1. The van der Waals surface area contributed by atoms with Crippen molar-refractivity contribution in [1.82, 2.24) is 25.7 Å². The zero-order chi connectivity index (χ0) is 17.4. The average Bonchev–Trinajstić information content (AvgIpc) is 3.07. The Balaban J connectivity index is 1.54. The number of piperazine rings is 1. The molecule has 2 aromatic rings. The number of aromatic nitrogens is 2. The fraction of sp³-hybridized carbons (Fsp3) is 0.529. The number of rotatable bonds is 3. The van der Waals surface area contributed by atoms with Crippen LogP contribution in [0.1, 0.15) is 13.3 Å². The van der Waals surface area contributed by atoms with Gasteiger partial charge in [-0.1, -0.05) is 0 Å². The maximum atomic E-state index is 13.9. The number of halogens is 1. The van der Waals surface area contributed by atoms with Gasteiger partial charge in [-0.15, -0.1) is 0 Å². The second kappa shape index (κ2) is 6.70. The Kier molecular flexibility index (Phi) is 4.41. The van der Waals surface area contributed by atoms with Crippen LogP contribution < -0.4 is 20.5 Å². The molecule has 7 nitrogen and oxygen atoms in total. The average molecular weight is 346 g/mol. The molecule has 0 radical (unpaired) electrons. The fourth-order valence-electron chi connectivity index (χ4n) is 3.63. The third-order valence-corrected chi connectivity index (χ3v) is 5.02. The zero-order valence-corrected chi connectivity index (χ0v) is 14.5. The molecule has 0 saturated carbocycles. The lowest BCUT2D eigenvalue weighted by atomic mass is 10.1. The summed E-state index contributed by atoms with van der Waals surface area (Å²) in [5, 5.41) is 0.823. The van der Waals surface area contributed by atoms with Crippen LogP contribution >= 0.6 is 0 Å². The van der Waals surface area contributed by atoms with Crippen LogP contribution in [0.25, 0.3) is 10.9 Å². The van der Waals surface area contributed by atoms with Crippen molar-refractivity contribution in [2.24, 2.45) is 0 Å². The Morgan fingerprint density at radius 1 is 1.16 bits per heavy atom. The zero-order valence-electron chi connectivity index (χ0n) is 14.5. The van der Waals surface area contributed by atoms with Crippen molar-refractivity contribution in [2.75, 3.05) is 38.2 Å². The van der Waals surface area contributed by atoms with E-state index in [0.717, 1.165) is 43.8 Å². The van der Waals surface area contributed by atoms with E-state index in [4.69, 9.17) is 4.74 Å². The molecule has 8 heteroatoms. The second-order valence-corrected chi connectivity index (χ2v) is 6.67. The number of nitrogens with one attached hydrogen (secondary N) is 2. The molecule has 3 heterocycles. The third-order valence-electron chi connectivity index (χ3n) is 5.02. The van der Waals surface area contributed by atoms with E-state index in [9.17, 15) is 4.39 Å². The summed E-state index contributed by atoms with van der Waals surface area (Å²) in [5.74, 6) is 0.657. The van der Waals surface area contributed by atoms with Gasteiger partial charge in [0.15, 0.2) is 11.6 Å². The lowest BCUT2D eigenvalue weighted by Crippen LogP contribution is -2.54. The van der Waals surface area contributed by atoms with E-state index in [-0.39, 0.29) is 5.75 Å². The monoisotopic (exact) mass is 346 g/mol. The molecule has 2 aliphatic rings. The quantitative estimate of drug-likeness (QED) is 0.863. The van der Waals surface area contributed by atoms with Crippen LogP contribution in [0.15, 0.2) is 18.5 Å². The van der Waals surface area contributed by atoms with Crippen molar-refractivity contribution in [3.8, 4) is 5.75 Å². The summed E-state index contributed by atoms with van der Waals surface area (Å²) in [6.45, 7) is 5.84. The predicted octanol–water partition coefficient (Wildman–Crippen LogP) is 1.11. The first-order valence-corrected chi connectivity index (χ1v) is 8.64. The lowest BCUT2D eigenvalue weighted by Gasteiger charge is -2.38. The molecule has 2 saturated heterocycles. The Morgan fingerprint density at radius 3 is 2.64 bits per heavy atom. The Morgan fingerprint density at radius 2 is 1.96 bits per heavy atom. The Hall–Kier alpha value is -2.03. The van der Waals surface area contributed by atoms with Crippen molar-refractivity contribution >= 4 is 16.7 Å². The van der Waals surface area contributed by atoms with E-state index in [0.29, 0.717) is 17.7 Å². The highest BCUT2D eigenvalue weighted by Gasteiger charge is 2.29. The van der Waals surface area contributed by atoms with Crippen LogP contribution in [-0.2, 0) is 0 Å². The summed E-state index contributed by atoms with van der Waals surface area (Å²) in [6, 6.07) is 3.60. The standard InChI is InChI=1S/C17H23FN6O/c1-11-7-16(22-21-11)23-3-5-24(6-4-23)17-12-8-15(25-2)13(18)9-14(12)19-10-20-17/h8-11,16,21-22H,3-7H2,1-2H3. The highest BCUT2D eigenvalue weighted by atomic mass is 19.1. The van der Waals surface area contributed by atoms with Crippen LogP contribution in [0, 0.1) is 5.82 Å². The number of hydrazine groups is 1. The van der Waals surface area contributed by atoms with Gasteiger partial charge in [0.25, 0.3) is 0 Å². The highest BCUT2D eigenvalue weighted by Crippen LogP contribution is 2.30. The van der Waals surface area contributed by atoms with Gasteiger partial charge in [0.05, 0.1) is 18.8 Å². The first-order valence-electron chi connectivity index (χ1n) is 8.64. The number of fused-ring (bicyclic) bond motifs is 1. The van der Waals surface area contributed by atoms with E-state index >= 15 is 0 Å². The SMILES string of the molecule is COc1cc2c(N3CCN(C4CC(C)NN4)CC3)ncnc2cc1F. The van der Waals surface area contributed by atoms with Gasteiger partial charge in [-0.3, -0.25) is 10.3 Å². The van der Waals surface area contributed by atoms with Gasteiger partial charge in [-0.2, -0.15) is 0 Å². The number of hydrogen-bond donors (Lipinski definition) is 2. The molecule has 4 rings (SSSR count). The van der Waals surface area contributed by atoms with Crippen molar-refractivity contribution in [3.05, 3.63) is 24.3 Å². The van der Waals surface area contributed by atoms with Crippen LogP contribution in [-0.4, -0.2) is 60.4 Å². The van der Waals surface area contributed by atoms with Crippen LogP contribution in [0.3, 0.4) is 0 Å². The normalized spacial score (nSPS) is 24.8. The minimum Gasteiger partial charge on any atom is -0.494 e. The van der Waals surface area contributed by atoms with Crippen LogP contribution in [0.5, 0.6) is 5.75 Å². The smallest absolute Gasteiger partial charge is 0.167 e. The molecule has 2 N–H and O–H groups in total. The molecule has 0 spiro atoms. The van der Waals surface area contributed by atoms with Crippen LogP contribution in [0.2, 0.25) is 0 Å². The first-order chi connectivity index (χ1) is 12.2. The van der Waals surface area contributed by atoms with E-state index in [1.165, 1.54) is 19.5 Å². The minimum absolute atomic E-state index is 0.220. The fourth-order valence-corrected chi connectivity index (χ4v) is 3.63. The molecule has 2 fully saturated rings. The van der Waals surface area contributed by atoms with Crippen molar-refractivity contribution < 1.29 is 9.13 Å². The number of hydrogen-bond acceptors (Lipinski definition) is 7. The van der Waals surface area contributed by atoms with Crippen LogP contribution in [0.4, 0.5) is 10.2 Å². The molecule has 1 aromatic heterocycles. The maximum Gasteiger partial charge on any atom is 0.167 e. The Labute approximate surface area is 146 Å². The topological polar surface area (TPSA) is 65.6 Å². The molecule has 0 bridgehead atoms. The molecule has 25 heavy (non-hydrogen) atoms. The van der Waals surface area contributed by atoms with E-state index < -0.39 is 5.82 Å². The summed E-state index contributed by atoms with van der Waals surface area (Å²) >= 11 is 0. The summed E-state index contributed by atoms with van der Waals surface area (Å²) in [6.07, 6.45) is 2.99. The third kappa shape index (κ3) is 3.12. The number of benzene rings is 1. The van der Waals surface area contributed by atoms with E-state index in [2.05, 4.69) is 37.5 Å². The number of ether oxygens (including phenoxy) is 1. The number of methoxy groups -OCH3 is 1. The summed E-state index contributed by atoms with van der Waals surface area (Å²) in [7, 11) is 1.47. The van der Waals surface area contributed by atoms with Gasteiger partial charge >= 0.3 is 0 Å². The van der Waals surface area contributed by atoms with Gasteiger partial charge in [-0.05, 0) is 19.4 Å². The summed E-state index contributed by atoms with van der Waals surface area (Å²) < 4.78 is 19.0. The summed E-state index contributed by atoms with van der Waals surface area (Å²) in [4.78, 5) is 13.4. The maximum absolute atomic E-state index is 13.9. The van der Waals surface area contributed by atoms with Gasteiger partial charge in [0.1, 0.15) is 12.1 Å². The largest absolute Gasteiger partial charge is 0.494 e. The highest BCUT2D eigenvalue weighted by molar-refractivity contribution is 5.90. The molecular formula is C17H23FN6O. The van der Waals surface area contributed by atoms with Gasteiger partial charge in [0.2, 0.25) is 0 Å². The Bertz CT molecular complexity index is 764. The van der Waals surface area contributed by atoms with E-state index in [1.54, 1.807) is 6.07 Å². The molecule has 0 amide bonds. The molecular weight excluding hydrogens is 323 g/mol. The first kappa shape index (κ1) is 16.4. The van der Waals surface area contributed by atoms with Gasteiger partial charge < -0.3 is 9.64 Å². The van der Waals surface area contributed by atoms with E-state index in [1.807, 2.05) is 0 Å². The predicted molar refractivity (Wildman–Crippen MR) is 94.0 cm³/mol. The van der Waals surface area contributed by atoms with Crippen molar-refractivity contribution in [3.63, 3.8) is 0 Å². The molecule has 2 unspecified atom stereocenters. The van der Waals surface area contributed by atoms with Crippen molar-refractivity contribution in [2.45, 2.75) is 25.6 Å². The second-order valence-electron chi connectivity index (χ2n) is 6.67. The molecule has 0 aliphatic carbocycles. The van der Waals surface area contributed by atoms with Gasteiger partial charge in [-0.25, -0.2) is 19.8 Å². The lowest BCUT2D eigenvalue weighted by molar-refractivity contribution is 0.166. The molecule has 1 aromatic carbocycles.